The van der Waals surface area contributed by atoms with Crippen molar-refractivity contribution in [2.75, 3.05) is 45.7 Å². The molecule has 0 saturated heterocycles. The second-order valence-electron chi connectivity index (χ2n) is 9.81. The quantitative estimate of drug-likeness (QED) is 0.662. The predicted molar refractivity (Wildman–Crippen MR) is 135 cm³/mol. The Morgan fingerprint density at radius 2 is 1.94 bits per heavy atom. The third kappa shape index (κ3) is 6.66. The van der Waals surface area contributed by atoms with E-state index in [-0.39, 0.29) is 48.4 Å². The Morgan fingerprint density at radius 3 is 2.57 bits per heavy atom. The van der Waals surface area contributed by atoms with Crippen molar-refractivity contribution in [3.63, 3.8) is 0 Å². The highest BCUT2D eigenvalue weighted by atomic mass is 16.5. The molecule has 0 unspecified atom stereocenters. The average molecular weight is 489 g/mol. The van der Waals surface area contributed by atoms with Crippen LogP contribution < -0.4 is 15.4 Å². The number of amides is 4. The number of carbonyl (C=O) groups is 3. The molecule has 2 aliphatic rings. The molecule has 1 aromatic rings. The molecule has 0 bridgehead atoms. The van der Waals surface area contributed by atoms with Crippen molar-refractivity contribution in [1.29, 1.82) is 0 Å². The monoisotopic (exact) mass is 488 g/mol. The molecule has 3 rings (SSSR count). The summed E-state index contributed by atoms with van der Waals surface area (Å²) in [5, 5.41) is 5.56. The first-order valence-corrected chi connectivity index (χ1v) is 12.7. The molecule has 9 heteroatoms. The number of benzene rings is 1. The zero-order chi connectivity index (χ0) is 25.5. The Hall–Kier alpha value is -2.81. The number of likely N-dealkylation sites (N-methyl/N-ethyl adjacent to an activating group) is 1. The molecule has 1 fully saturated rings. The Kier molecular flexibility index (Phi) is 9.37. The molecule has 0 radical (unpaired) electrons. The lowest BCUT2D eigenvalue weighted by atomic mass is 9.83. The summed E-state index contributed by atoms with van der Waals surface area (Å²) in [6.07, 6.45) is 3.56. The lowest BCUT2D eigenvalue weighted by molar-refractivity contribution is -0.142. The van der Waals surface area contributed by atoms with Crippen LogP contribution in [-0.4, -0.2) is 80.2 Å². The van der Waals surface area contributed by atoms with Crippen molar-refractivity contribution in [3.05, 3.63) is 23.8 Å². The van der Waals surface area contributed by atoms with Gasteiger partial charge in [-0.2, -0.15) is 0 Å². The molecule has 1 aromatic carbocycles. The summed E-state index contributed by atoms with van der Waals surface area (Å²) < 4.78 is 11.9. The van der Waals surface area contributed by atoms with Crippen LogP contribution in [0.15, 0.2) is 18.2 Å². The van der Waals surface area contributed by atoms with E-state index in [1.165, 1.54) is 0 Å². The summed E-state index contributed by atoms with van der Waals surface area (Å²) in [4.78, 5) is 42.3. The number of rotatable bonds is 5. The molecular formula is C26H40N4O5. The van der Waals surface area contributed by atoms with Crippen LogP contribution in [0.25, 0.3) is 0 Å². The highest BCUT2D eigenvalue weighted by molar-refractivity contribution is 5.98. The topological polar surface area (TPSA) is 100 Å². The number of hydrogen-bond acceptors (Lipinski definition) is 5. The van der Waals surface area contributed by atoms with Gasteiger partial charge in [0.1, 0.15) is 12.4 Å². The van der Waals surface area contributed by atoms with Crippen LogP contribution in [0.4, 0.5) is 10.5 Å². The Bertz CT molecular complexity index is 904. The van der Waals surface area contributed by atoms with E-state index in [1.807, 2.05) is 18.7 Å². The highest BCUT2D eigenvalue weighted by Crippen LogP contribution is 2.31. The first kappa shape index (κ1) is 26.8. The molecular weight excluding hydrogens is 448 g/mol. The zero-order valence-electron chi connectivity index (χ0n) is 21.6. The Morgan fingerprint density at radius 1 is 1.20 bits per heavy atom. The van der Waals surface area contributed by atoms with Crippen molar-refractivity contribution in [1.82, 2.24) is 15.1 Å². The molecule has 35 heavy (non-hydrogen) atoms. The lowest BCUT2D eigenvalue weighted by Crippen LogP contribution is -2.51. The van der Waals surface area contributed by atoms with Gasteiger partial charge in [0.05, 0.1) is 17.7 Å². The largest absolute Gasteiger partial charge is 0.491 e. The van der Waals surface area contributed by atoms with Gasteiger partial charge in [0.15, 0.2) is 0 Å². The first-order valence-electron chi connectivity index (χ1n) is 12.7. The molecule has 4 amide bonds. The maximum Gasteiger partial charge on any atom is 0.319 e. The minimum Gasteiger partial charge on any atom is -0.491 e. The van der Waals surface area contributed by atoms with E-state index in [0.29, 0.717) is 36.6 Å². The molecule has 0 spiro atoms. The third-order valence-electron chi connectivity index (χ3n) is 6.98. The fourth-order valence-electron chi connectivity index (χ4n) is 4.46. The van der Waals surface area contributed by atoms with Crippen LogP contribution in [-0.2, 0) is 9.53 Å². The number of anilines is 1. The number of nitrogens with one attached hydrogen (secondary N) is 2. The van der Waals surface area contributed by atoms with Crippen LogP contribution in [0.1, 0.15) is 56.8 Å². The van der Waals surface area contributed by atoms with Gasteiger partial charge in [-0.05, 0) is 38.3 Å². The summed E-state index contributed by atoms with van der Waals surface area (Å²) in [5.41, 5.74) is 0.928. The van der Waals surface area contributed by atoms with Crippen molar-refractivity contribution >= 4 is 23.5 Å². The van der Waals surface area contributed by atoms with E-state index < -0.39 is 0 Å². The van der Waals surface area contributed by atoms with Crippen LogP contribution in [0.3, 0.4) is 0 Å². The zero-order valence-corrected chi connectivity index (χ0v) is 21.6. The number of nitrogens with zero attached hydrogens (tertiary/aromatic N) is 2. The molecule has 194 valence electrons. The van der Waals surface area contributed by atoms with Gasteiger partial charge in [0.2, 0.25) is 5.91 Å². The van der Waals surface area contributed by atoms with Gasteiger partial charge >= 0.3 is 6.03 Å². The molecule has 1 aliphatic carbocycles. The van der Waals surface area contributed by atoms with Crippen molar-refractivity contribution in [2.45, 2.75) is 58.6 Å². The summed E-state index contributed by atoms with van der Waals surface area (Å²) in [6, 6.07) is 4.53. The Labute approximate surface area is 208 Å². The Balaban J connectivity index is 1.90. The molecule has 3 atom stereocenters. The smallest absolute Gasteiger partial charge is 0.319 e. The average Bonchev–Trinajstić information content (AvgIpc) is 2.80. The lowest BCUT2D eigenvalue weighted by Gasteiger charge is -2.39. The normalized spacial score (nSPS) is 23.8. The molecule has 2 N–H and O–H groups in total. The SMILES string of the molecule is CCCNC(=O)Nc1ccc2c(c1)OC[C@H](C)N(C(=O)C1CCC1)C[C@@H](C)[C@H](OC)CN(C)C2=O. The van der Waals surface area contributed by atoms with E-state index in [0.717, 1.165) is 25.7 Å². The number of carbonyl (C=O) groups excluding carboxylic acids is 3. The molecule has 9 nitrogen and oxygen atoms in total. The number of fused-ring (bicyclic) bond motifs is 1. The molecule has 1 heterocycles. The predicted octanol–water partition coefficient (Wildman–Crippen LogP) is 3.35. The second kappa shape index (κ2) is 12.2. The van der Waals surface area contributed by atoms with Gasteiger partial charge in [-0.15, -0.1) is 0 Å². The van der Waals surface area contributed by atoms with Crippen LogP contribution in [0, 0.1) is 11.8 Å². The van der Waals surface area contributed by atoms with Gasteiger partial charge in [-0.3, -0.25) is 9.59 Å². The summed E-state index contributed by atoms with van der Waals surface area (Å²) >= 11 is 0. The third-order valence-corrected chi connectivity index (χ3v) is 6.98. The van der Waals surface area contributed by atoms with Crippen molar-refractivity contribution in [2.24, 2.45) is 11.8 Å². The van der Waals surface area contributed by atoms with E-state index in [4.69, 9.17) is 9.47 Å². The van der Waals surface area contributed by atoms with Gasteiger partial charge in [0.25, 0.3) is 5.91 Å². The van der Waals surface area contributed by atoms with E-state index >= 15 is 0 Å². The summed E-state index contributed by atoms with van der Waals surface area (Å²) in [6.45, 7) is 7.73. The maximum absolute atomic E-state index is 13.3. The van der Waals surface area contributed by atoms with Gasteiger partial charge < -0.3 is 29.9 Å². The highest BCUT2D eigenvalue weighted by Gasteiger charge is 2.35. The minimum atomic E-state index is -0.314. The number of urea groups is 1. The standard InChI is InChI=1S/C26H40N4O5/c1-6-12-27-26(33)28-20-10-11-21-22(13-20)35-16-18(3)30(24(31)19-8-7-9-19)14-17(2)23(34-5)15-29(4)25(21)32/h10-11,13,17-19,23H,6-9,12,14-16H2,1-5H3,(H2,27,28,33)/t17-,18+,23-/m1/s1. The van der Waals surface area contributed by atoms with Gasteiger partial charge in [-0.25, -0.2) is 4.79 Å². The van der Waals surface area contributed by atoms with Crippen LogP contribution >= 0.6 is 0 Å². The first-order chi connectivity index (χ1) is 16.7. The minimum absolute atomic E-state index is 0.0360. The maximum atomic E-state index is 13.3. The van der Waals surface area contributed by atoms with Gasteiger partial charge in [0, 0.05) is 57.4 Å². The molecule has 1 saturated carbocycles. The number of hydrogen-bond donors (Lipinski definition) is 2. The molecule has 0 aromatic heterocycles. The number of methoxy groups -OCH3 is 1. The number of ether oxygens (including phenoxy) is 2. The van der Waals surface area contributed by atoms with E-state index in [9.17, 15) is 14.4 Å². The van der Waals surface area contributed by atoms with E-state index in [1.54, 1.807) is 37.3 Å². The summed E-state index contributed by atoms with van der Waals surface area (Å²) in [7, 11) is 3.38. The van der Waals surface area contributed by atoms with Crippen molar-refractivity contribution < 1.29 is 23.9 Å². The van der Waals surface area contributed by atoms with Gasteiger partial charge in [-0.1, -0.05) is 20.3 Å². The fraction of sp³-hybridized carbons (Fsp3) is 0.654. The van der Waals surface area contributed by atoms with Crippen LogP contribution in [0.2, 0.25) is 0 Å². The molecule has 1 aliphatic heterocycles. The fourth-order valence-corrected chi connectivity index (χ4v) is 4.46. The summed E-state index contributed by atoms with van der Waals surface area (Å²) in [5.74, 6) is 0.465. The second-order valence-corrected chi connectivity index (χ2v) is 9.81. The van der Waals surface area contributed by atoms with Crippen LogP contribution in [0.5, 0.6) is 5.75 Å². The van der Waals surface area contributed by atoms with E-state index in [2.05, 4.69) is 17.6 Å². The van der Waals surface area contributed by atoms with Crippen molar-refractivity contribution in [3.8, 4) is 5.75 Å².